The lowest BCUT2D eigenvalue weighted by atomic mass is 9.54. The minimum atomic E-state index is -1.36. The summed E-state index contributed by atoms with van der Waals surface area (Å²) in [4.78, 5) is 32.1. The Bertz CT molecular complexity index is 585. The molecule has 1 aromatic heterocycles. The highest BCUT2D eigenvalue weighted by Crippen LogP contribution is 2.51. The number of ether oxygens (including phenoxy) is 1. The number of carboxylic acids is 1. The minimum absolute atomic E-state index is 0.0990. The van der Waals surface area contributed by atoms with Gasteiger partial charge < -0.3 is 15.2 Å². The van der Waals surface area contributed by atoms with E-state index < -0.39 is 22.8 Å². The zero-order valence-corrected chi connectivity index (χ0v) is 13.2. The van der Waals surface area contributed by atoms with Crippen LogP contribution in [0.3, 0.4) is 0 Å². The molecule has 1 aromatic rings. The lowest BCUT2D eigenvalue weighted by Crippen LogP contribution is -2.76. The Hall–Kier alpha value is -2.02. The van der Waals surface area contributed by atoms with Gasteiger partial charge in [0.1, 0.15) is 11.2 Å². The molecule has 0 aromatic carbocycles. The molecule has 0 saturated heterocycles. The van der Waals surface area contributed by atoms with E-state index in [0.717, 1.165) is 0 Å². The lowest BCUT2D eigenvalue weighted by Gasteiger charge is -2.58. The number of amides is 1. The van der Waals surface area contributed by atoms with Crippen molar-refractivity contribution in [2.75, 3.05) is 6.61 Å². The van der Waals surface area contributed by atoms with Crippen molar-refractivity contribution in [3.05, 3.63) is 23.8 Å². The Morgan fingerprint density at radius 3 is 2.55 bits per heavy atom. The van der Waals surface area contributed by atoms with Crippen LogP contribution in [0.1, 0.15) is 43.4 Å². The highest BCUT2D eigenvalue weighted by atomic mass is 16.5. The zero-order valence-electron chi connectivity index (χ0n) is 13.2. The van der Waals surface area contributed by atoms with E-state index in [-0.39, 0.29) is 18.2 Å². The van der Waals surface area contributed by atoms with E-state index in [4.69, 9.17) is 4.74 Å². The standard InChI is InChI=1S/C15H21N3O4/c1-5-22-11-6-15(13(20)21,14(11,3)4)18-12(19)10-8-16-9(2)7-17-10/h7-8,11H,5-6H2,1-4H3,(H,18,19)(H,20,21)/t11-,15+/m1/s1. The number of aryl methyl sites for hydroxylation is 1. The summed E-state index contributed by atoms with van der Waals surface area (Å²) in [7, 11) is 0. The highest BCUT2D eigenvalue weighted by molar-refractivity contribution is 5.97. The largest absolute Gasteiger partial charge is 0.479 e. The Balaban J connectivity index is 2.22. The van der Waals surface area contributed by atoms with E-state index in [1.807, 2.05) is 6.92 Å². The average molecular weight is 307 g/mol. The number of hydrogen-bond acceptors (Lipinski definition) is 5. The fourth-order valence-electron chi connectivity index (χ4n) is 2.80. The third kappa shape index (κ3) is 2.45. The molecule has 22 heavy (non-hydrogen) atoms. The summed E-state index contributed by atoms with van der Waals surface area (Å²) in [5.74, 6) is -1.61. The molecule has 7 nitrogen and oxygen atoms in total. The van der Waals surface area contributed by atoms with Gasteiger partial charge in [0.05, 0.1) is 18.0 Å². The number of rotatable bonds is 5. The first-order valence-corrected chi connectivity index (χ1v) is 7.20. The second-order valence-corrected chi connectivity index (χ2v) is 6.08. The quantitative estimate of drug-likeness (QED) is 0.847. The van der Waals surface area contributed by atoms with Crippen molar-refractivity contribution in [3.8, 4) is 0 Å². The molecule has 0 radical (unpaired) electrons. The van der Waals surface area contributed by atoms with Crippen molar-refractivity contribution in [3.63, 3.8) is 0 Å². The van der Waals surface area contributed by atoms with Crippen LogP contribution in [0.4, 0.5) is 0 Å². The second-order valence-electron chi connectivity index (χ2n) is 6.08. The molecule has 0 aliphatic heterocycles. The molecular weight excluding hydrogens is 286 g/mol. The van der Waals surface area contributed by atoms with Gasteiger partial charge in [-0.1, -0.05) is 13.8 Å². The van der Waals surface area contributed by atoms with Crippen molar-refractivity contribution in [1.82, 2.24) is 15.3 Å². The van der Waals surface area contributed by atoms with Gasteiger partial charge in [-0.3, -0.25) is 9.78 Å². The number of carbonyl (C=O) groups excluding carboxylic acids is 1. The zero-order chi connectivity index (χ0) is 16.5. The van der Waals surface area contributed by atoms with Gasteiger partial charge in [-0.2, -0.15) is 0 Å². The van der Waals surface area contributed by atoms with Crippen LogP contribution >= 0.6 is 0 Å². The number of aromatic nitrogens is 2. The van der Waals surface area contributed by atoms with Crippen molar-refractivity contribution >= 4 is 11.9 Å². The molecule has 1 aliphatic rings. The normalized spacial score (nSPS) is 26.1. The van der Waals surface area contributed by atoms with E-state index in [1.54, 1.807) is 20.8 Å². The Labute approximate surface area is 129 Å². The molecule has 2 atom stereocenters. The van der Waals surface area contributed by atoms with Crippen LogP contribution in [0.25, 0.3) is 0 Å². The van der Waals surface area contributed by atoms with E-state index >= 15 is 0 Å². The first kappa shape index (κ1) is 16.4. The van der Waals surface area contributed by atoms with E-state index in [1.165, 1.54) is 12.4 Å². The molecule has 0 spiro atoms. The Kier molecular flexibility index (Phi) is 4.19. The molecule has 2 N–H and O–H groups in total. The Morgan fingerprint density at radius 2 is 2.09 bits per heavy atom. The topological polar surface area (TPSA) is 101 Å². The molecular formula is C15H21N3O4. The third-order valence-electron chi connectivity index (χ3n) is 4.47. The fourth-order valence-corrected chi connectivity index (χ4v) is 2.80. The number of hydrogen-bond donors (Lipinski definition) is 2. The van der Waals surface area contributed by atoms with Gasteiger partial charge in [0.2, 0.25) is 0 Å². The maximum Gasteiger partial charge on any atom is 0.330 e. The van der Waals surface area contributed by atoms with E-state index in [2.05, 4.69) is 15.3 Å². The maximum atomic E-state index is 12.3. The first-order chi connectivity index (χ1) is 10.2. The van der Waals surface area contributed by atoms with Gasteiger partial charge >= 0.3 is 5.97 Å². The van der Waals surface area contributed by atoms with Gasteiger partial charge in [-0.05, 0) is 13.8 Å². The molecule has 1 heterocycles. The molecule has 1 amide bonds. The number of aliphatic carboxylic acids is 1. The monoisotopic (exact) mass is 307 g/mol. The van der Waals surface area contributed by atoms with Crippen molar-refractivity contribution < 1.29 is 19.4 Å². The number of nitrogens with zero attached hydrogens (tertiary/aromatic N) is 2. The van der Waals surface area contributed by atoms with Crippen LogP contribution in [0.5, 0.6) is 0 Å². The molecule has 120 valence electrons. The third-order valence-corrected chi connectivity index (χ3v) is 4.47. The first-order valence-electron chi connectivity index (χ1n) is 7.20. The number of carbonyl (C=O) groups is 2. The summed E-state index contributed by atoms with van der Waals surface area (Å²) in [5, 5.41) is 12.3. The summed E-state index contributed by atoms with van der Waals surface area (Å²) in [5.41, 5.74) is -1.30. The number of carboxylic acid groups (broad SMARTS) is 1. The SMILES string of the molecule is CCO[C@@H]1C[C@](NC(=O)c2cnc(C)cn2)(C(=O)O)C1(C)C. The van der Waals surface area contributed by atoms with Crippen molar-refractivity contribution in [1.29, 1.82) is 0 Å². The van der Waals surface area contributed by atoms with E-state index in [9.17, 15) is 14.7 Å². The van der Waals surface area contributed by atoms with Crippen LogP contribution in [-0.2, 0) is 9.53 Å². The van der Waals surface area contributed by atoms with Crippen LogP contribution in [0, 0.1) is 12.3 Å². The van der Waals surface area contributed by atoms with E-state index in [0.29, 0.717) is 12.3 Å². The fraction of sp³-hybridized carbons (Fsp3) is 0.600. The summed E-state index contributed by atoms with van der Waals surface area (Å²) in [6.45, 7) is 7.69. The smallest absolute Gasteiger partial charge is 0.330 e. The van der Waals surface area contributed by atoms with Crippen LogP contribution in [0.15, 0.2) is 12.4 Å². The average Bonchev–Trinajstić information content (AvgIpc) is 2.46. The van der Waals surface area contributed by atoms with Crippen molar-refractivity contribution in [2.24, 2.45) is 5.41 Å². The lowest BCUT2D eigenvalue weighted by molar-refractivity contribution is -0.190. The van der Waals surface area contributed by atoms with Crippen LogP contribution < -0.4 is 5.32 Å². The van der Waals surface area contributed by atoms with Crippen molar-refractivity contribution in [2.45, 2.75) is 45.8 Å². The molecule has 7 heteroatoms. The predicted molar refractivity (Wildman–Crippen MR) is 78.4 cm³/mol. The summed E-state index contributed by atoms with van der Waals surface area (Å²) < 4.78 is 5.56. The molecule has 1 fully saturated rings. The molecule has 1 aliphatic carbocycles. The summed E-state index contributed by atoms with van der Waals surface area (Å²) in [6, 6.07) is 0. The highest BCUT2D eigenvalue weighted by Gasteiger charge is 2.66. The minimum Gasteiger partial charge on any atom is -0.479 e. The number of nitrogens with one attached hydrogen (secondary N) is 1. The second kappa shape index (κ2) is 5.64. The van der Waals surface area contributed by atoms with Crippen LogP contribution in [-0.4, -0.2) is 45.2 Å². The molecule has 0 bridgehead atoms. The van der Waals surface area contributed by atoms with Crippen LogP contribution in [0.2, 0.25) is 0 Å². The summed E-state index contributed by atoms with van der Waals surface area (Å²) in [6.07, 6.45) is 2.83. The molecule has 0 unspecified atom stereocenters. The van der Waals surface area contributed by atoms with Gasteiger partial charge in [-0.25, -0.2) is 9.78 Å². The van der Waals surface area contributed by atoms with Gasteiger partial charge in [0, 0.05) is 24.6 Å². The molecule has 2 rings (SSSR count). The molecule has 1 saturated carbocycles. The Morgan fingerprint density at radius 1 is 1.41 bits per heavy atom. The van der Waals surface area contributed by atoms with Gasteiger partial charge in [0.15, 0.2) is 0 Å². The summed E-state index contributed by atoms with van der Waals surface area (Å²) >= 11 is 0. The van der Waals surface area contributed by atoms with Gasteiger partial charge in [0.25, 0.3) is 5.91 Å². The maximum absolute atomic E-state index is 12.3. The van der Waals surface area contributed by atoms with Gasteiger partial charge in [-0.15, -0.1) is 0 Å². The predicted octanol–water partition coefficient (Wildman–Crippen LogP) is 1.17.